The van der Waals surface area contributed by atoms with Crippen LogP contribution < -0.4 is 10.5 Å². The third kappa shape index (κ3) is 4.47. The fraction of sp³-hybridized carbons (Fsp3) is 0.200. The second kappa shape index (κ2) is 6.95. The summed E-state index contributed by atoms with van der Waals surface area (Å²) in [6.07, 6.45) is 0.415. The summed E-state index contributed by atoms with van der Waals surface area (Å²) in [6.45, 7) is 0.327. The summed E-state index contributed by atoms with van der Waals surface area (Å²) in [5, 5.41) is 0. The molecule has 0 fully saturated rings. The number of benzene rings is 2. The summed E-state index contributed by atoms with van der Waals surface area (Å²) in [5.41, 5.74) is 6.26. The number of rotatable bonds is 6. The Kier molecular flexibility index (Phi) is 5.25. The number of anilines is 1. The van der Waals surface area contributed by atoms with Gasteiger partial charge < -0.3 is 10.5 Å². The lowest BCUT2D eigenvalue weighted by atomic mass is 10.3. The minimum Gasteiger partial charge on any atom is -0.493 e. The van der Waals surface area contributed by atoms with Gasteiger partial charge in [-0.3, -0.25) is 0 Å². The molecule has 0 spiro atoms. The van der Waals surface area contributed by atoms with Gasteiger partial charge in [0.1, 0.15) is 5.75 Å². The van der Waals surface area contributed by atoms with Gasteiger partial charge in [-0.15, -0.1) is 0 Å². The van der Waals surface area contributed by atoms with E-state index < -0.39 is 9.84 Å². The van der Waals surface area contributed by atoms with Gasteiger partial charge in [-0.05, 0) is 46.6 Å². The smallest absolute Gasteiger partial charge is 0.179 e. The molecule has 0 bridgehead atoms. The summed E-state index contributed by atoms with van der Waals surface area (Å²) in [5.74, 6) is 0.686. The summed E-state index contributed by atoms with van der Waals surface area (Å²) in [7, 11) is -3.31. The van der Waals surface area contributed by atoms with Crippen LogP contribution in [0.5, 0.6) is 5.75 Å². The molecule has 0 aliphatic heterocycles. The maximum absolute atomic E-state index is 12.2. The molecule has 0 heterocycles. The SMILES string of the molecule is Nc1cccc(OCCCS(=O)(=O)c2ccccc2Br)c1. The highest BCUT2D eigenvalue weighted by atomic mass is 79.9. The number of sulfone groups is 1. The van der Waals surface area contributed by atoms with Crippen molar-refractivity contribution in [3.63, 3.8) is 0 Å². The van der Waals surface area contributed by atoms with E-state index in [1.165, 1.54) is 0 Å². The van der Waals surface area contributed by atoms with Crippen molar-refractivity contribution >= 4 is 31.5 Å². The summed E-state index contributed by atoms with van der Waals surface area (Å²) < 4.78 is 30.5. The van der Waals surface area contributed by atoms with Crippen molar-refractivity contribution in [2.45, 2.75) is 11.3 Å². The van der Waals surface area contributed by atoms with E-state index >= 15 is 0 Å². The highest BCUT2D eigenvalue weighted by molar-refractivity contribution is 9.10. The number of hydrogen-bond donors (Lipinski definition) is 1. The number of nitrogen functional groups attached to an aromatic ring is 1. The Hall–Kier alpha value is -1.53. The van der Waals surface area contributed by atoms with Gasteiger partial charge in [0, 0.05) is 16.2 Å². The molecule has 0 aliphatic rings. The molecule has 2 aromatic rings. The number of hydrogen-bond acceptors (Lipinski definition) is 4. The molecule has 6 heteroatoms. The minimum atomic E-state index is -3.31. The first-order chi connectivity index (χ1) is 9.99. The first-order valence-electron chi connectivity index (χ1n) is 6.45. The number of nitrogens with two attached hydrogens (primary N) is 1. The Labute approximate surface area is 133 Å². The Morgan fingerprint density at radius 2 is 1.86 bits per heavy atom. The van der Waals surface area contributed by atoms with Gasteiger partial charge in [0.2, 0.25) is 0 Å². The summed E-state index contributed by atoms with van der Waals surface area (Å²) >= 11 is 3.26. The Morgan fingerprint density at radius 3 is 2.57 bits per heavy atom. The van der Waals surface area contributed by atoms with Gasteiger partial charge in [0.15, 0.2) is 9.84 Å². The molecule has 0 radical (unpaired) electrons. The van der Waals surface area contributed by atoms with Gasteiger partial charge in [0.05, 0.1) is 17.3 Å². The normalized spacial score (nSPS) is 11.3. The van der Waals surface area contributed by atoms with Crippen molar-refractivity contribution < 1.29 is 13.2 Å². The zero-order valence-corrected chi connectivity index (χ0v) is 13.7. The maximum Gasteiger partial charge on any atom is 0.179 e. The molecule has 2 aromatic carbocycles. The van der Waals surface area contributed by atoms with E-state index in [0.29, 0.717) is 33.8 Å². The fourth-order valence-electron chi connectivity index (χ4n) is 1.85. The zero-order valence-electron chi connectivity index (χ0n) is 11.3. The van der Waals surface area contributed by atoms with Gasteiger partial charge in [-0.2, -0.15) is 0 Å². The average molecular weight is 370 g/mol. The highest BCUT2D eigenvalue weighted by Crippen LogP contribution is 2.23. The van der Waals surface area contributed by atoms with Crippen LogP contribution in [0.3, 0.4) is 0 Å². The Balaban J connectivity index is 1.90. The number of ether oxygens (including phenoxy) is 1. The predicted molar refractivity (Wildman–Crippen MR) is 87.2 cm³/mol. The quantitative estimate of drug-likeness (QED) is 0.626. The molecule has 21 heavy (non-hydrogen) atoms. The minimum absolute atomic E-state index is 0.0396. The fourth-order valence-corrected chi connectivity index (χ4v) is 4.24. The molecule has 2 rings (SSSR count). The van der Waals surface area contributed by atoms with Crippen LogP contribution in [0, 0.1) is 0 Å². The van der Waals surface area contributed by atoms with E-state index in [0.717, 1.165) is 0 Å². The van der Waals surface area contributed by atoms with Crippen molar-refractivity contribution in [1.29, 1.82) is 0 Å². The lowest BCUT2D eigenvalue weighted by molar-refractivity contribution is 0.318. The van der Waals surface area contributed by atoms with E-state index in [1.807, 2.05) is 0 Å². The van der Waals surface area contributed by atoms with Crippen LogP contribution in [-0.2, 0) is 9.84 Å². The lowest BCUT2D eigenvalue weighted by Gasteiger charge is -2.08. The van der Waals surface area contributed by atoms with Gasteiger partial charge in [0.25, 0.3) is 0 Å². The third-order valence-electron chi connectivity index (χ3n) is 2.86. The van der Waals surface area contributed by atoms with Crippen LogP contribution in [0.2, 0.25) is 0 Å². The van der Waals surface area contributed by atoms with Crippen LogP contribution in [-0.4, -0.2) is 20.8 Å². The van der Waals surface area contributed by atoms with E-state index in [2.05, 4.69) is 15.9 Å². The van der Waals surface area contributed by atoms with Crippen LogP contribution >= 0.6 is 15.9 Å². The molecule has 0 saturated carbocycles. The average Bonchev–Trinajstić information content (AvgIpc) is 2.44. The highest BCUT2D eigenvalue weighted by Gasteiger charge is 2.16. The molecule has 4 nitrogen and oxygen atoms in total. The van der Waals surface area contributed by atoms with Gasteiger partial charge >= 0.3 is 0 Å². The molecule has 0 aliphatic carbocycles. The van der Waals surface area contributed by atoms with Gasteiger partial charge in [-0.1, -0.05) is 18.2 Å². The Bertz CT molecular complexity index is 716. The lowest BCUT2D eigenvalue weighted by Crippen LogP contribution is -2.11. The molecule has 2 N–H and O–H groups in total. The van der Waals surface area contributed by atoms with E-state index in [1.54, 1.807) is 48.5 Å². The third-order valence-corrected chi connectivity index (χ3v) is 5.66. The van der Waals surface area contributed by atoms with Crippen LogP contribution in [0.4, 0.5) is 5.69 Å². The summed E-state index contributed by atoms with van der Waals surface area (Å²) in [4.78, 5) is 0.314. The molecular formula is C15H16BrNO3S. The summed E-state index contributed by atoms with van der Waals surface area (Å²) in [6, 6.07) is 13.9. The molecule has 0 unspecified atom stereocenters. The predicted octanol–water partition coefficient (Wildman–Crippen LogP) is 3.27. The molecule has 112 valence electrons. The molecule has 0 amide bonds. The number of halogens is 1. The second-order valence-electron chi connectivity index (χ2n) is 4.52. The van der Waals surface area contributed by atoms with Crippen molar-refractivity contribution in [2.75, 3.05) is 18.1 Å². The molecule has 0 aromatic heterocycles. The monoisotopic (exact) mass is 369 g/mol. The second-order valence-corrected chi connectivity index (χ2v) is 7.46. The van der Waals surface area contributed by atoms with Crippen molar-refractivity contribution in [1.82, 2.24) is 0 Å². The first-order valence-corrected chi connectivity index (χ1v) is 8.89. The van der Waals surface area contributed by atoms with Crippen molar-refractivity contribution in [3.8, 4) is 5.75 Å². The van der Waals surface area contributed by atoms with Gasteiger partial charge in [-0.25, -0.2) is 8.42 Å². The maximum atomic E-state index is 12.2. The van der Waals surface area contributed by atoms with Crippen molar-refractivity contribution in [3.05, 3.63) is 53.0 Å². The van der Waals surface area contributed by atoms with Crippen LogP contribution in [0.25, 0.3) is 0 Å². The van der Waals surface area contributed by atoms with E-state index in [4.69, 9.17) is 10.5 Å². The molecular weight excluding hydrogens is 354 g/mol. The van der Waals surface area contributed by atoms with Crippen LogP contribution in [0.15, 0.2) is 57.9 Å². The Morgan fingerprint density at radius 1 is 1.10 bits per heavy atom. The largest absolute Gasteiger partial charge is 0.493 e. The topological polar surface area (TPSA) is 69.4 Å². The molecule has 0 atom stereocenters. The van der Waals surface area contributed by atoms with E-state index in [-0.39, 0.29) is 5.75 Å². The van der Waals surface area contributed by atoms with Crippen molar-refractivity contribution in [2.24, 2.45) is 0 Å². The van der Waals surface area contributed by atoms with E-state index in [9.17, 15) is 8.42 Å². The first kappa shape index (κ1) is 15.9. The molecule has 0 saturated heterocycles. The zero-order chi connectivity index (χ0) is 15.3. The van der Waals surface area contributed by atoms with Crippen LogP contribution in [0.1, 0.15) is 6.42 Å². The standard InChI is InChI=1S/C15H16BrNO3S/c16-14-7-1-2-8-15(14)21(18,19)10-4-9-20-13-6-3-5-12(17)11-13/h1-3,5-8,11H,4,9-10,17H2.